The number of para-hydroxylation sites is 1. The summed E-state index contributed by atoms with van der Waals surface area (Å²) in [5.41, 5.74) is 1.31. The number of halogens is 1. The number of carboxylic acid groups (broad SMARTS) is 1. The molecule has 0 bridgehead atoms. The molecule has 0 unspecified atom stereocenters. The molecule has 5 heteroatoms. The fourth-order valence-electron chi connectivity index (χ4n) is 1.72. The maximum Gasteiger partial charge on any atom is 0.339 e. The summed E-state index contributed by atoms with van der Waals surface area (Å²) in [5, 5.41) is 18.0. The summed E-state index contributed by atoms with van der Waals surface area (Å²) >= 11 is 3.31. The lowest BCUT2D eigenvalue weighted by Gasteiger charge is -2.12. The number of hydrogen-bond donors (Lipinski definition) is 1. The van der Waals surface area contributed by atoms with Gasteiger partial charge >= 0.3 is 5.97 Å². The third kappa shape index (κ3) is 2.81. The first kappa shape index (κ1) is 14.1. The van der Waals surface area contributed by atoms with Crippen molar-refractivity contribution in [3.8, 4) is 17.6 Å². The van der Waals surface area contributed by atoms with Crippen LogP contribution in [0.15, 0.2) is 40.9 Å². The quantitative estimate of drug-likeness (QED) is 0.918. The molecule has 0 spiro atoms. The van der Waals surface area contributed by atoms with Crippen molar-refractivity contribution in [1.29, 1.82) is 5.26 Å². The summed E-state index contributed by atoms with van der Waals surface area (Å²) in [5.74, 6) is -0.292. The molecule has 0 aliphatic heterocycles. The number of aromatic carboxylic acids is 1. The number of carbonyl (C=O) groups is 1. The van der Waals surface area contributed by atoms with Gasteiger partial charge in [0.25, 0.3) is 0 Å². The van der Waals surface area contributed by atoms with Crippen molar-refractivity contribution >= 4 is 21.9 Å². The van der Waals surface area contributed by atoms with Gasteiger partial charge in [0, 0.05) is 0 Å². The van der Waals surface area contributed by atoms with Crippen LogP contribution in [-0.2, 0) is 0 Å². The first-order valence-corrected chi connectivity index (χ1v) is 6.52. The van der Waals surface area contributed by atoms with Gasteiger partial charge in [-0.1, -0.05) is 12.1 Å². The largest absolute Gasteiger partial charge is 0.478 e. The van der Waals surface area contributed by atoms with E-state index >= 15 is 0 Å². The monoisotopic (exact) mass is 331 g/mol. The van der Waals surface area contributed by atoms with E-state index in [9.17, 15) is 9.90 Å². The number of benzene rings is 2. The predicted octanol–water partition coefficient (Wildman–Crippen LogP) is 4.12. The number of rotatable bonds is 3. The lowest BCUT2D eigenvalue weighted by atomic mass is 10.1. The molecule has 0 aromatic heterocycles. The van der Waals surface area contributed by atoms with E-state index in [1.54, 1.807) is 37.3 Å². The first-order valence-electron chi connectivity index (χ1n) is 5.73. The lowest BCUT2D eigenvalue weighted by molar-refractivity contribution is 0.0694. The first-order chi connectivity index (χ1) is 9.52. The Kier molecular flexibility index (Phi) is 4.06. The van der Waals surface area contributed by atoms with Crippen LogP contribution >= 0.6 is 15.9 Å². The summed E-state index contributed by atoms with van der Waals surface area (Å²) in [6.45, 7) is 1.78. The summed E-state index contributed by atoms with van der Waals surface area (Å²) in [6, 6.07) is 11.8. The fraction of sp³-hybridized carbons (Fsp3) is 0.0667. The van der Waals surface area contributed by atoms with Crippen molar-refractivity contribution in [3.63, 3.8) is 0 Å². The maximum atomic E-state index is 11.2. The van der Waals surface area contributed by atoms with Crippen LogP contribution in [0, 0.1) is 18.3 Å². The molecule has 1 N–H and O–H groups in total. The third-order valence-corrected chi connectivity index (χ3v) is 3.34. The van der Waals surface area contributed by atoms with Crippen molar-refractivity contribution in [2.24, 2.45) is 0 Å². The zero-order valence-corrected chi connectivity index (χ0v) is 12.1. The van der Waals surface area contributed by atoms with Crippen LogP contribution in [0.3, 0.4) is 0 Å². The zero-order chi connectivity index (χ0) is 14.7. The van der Waals surface area contributed by atoms with Crippen molar-refractivity contribution in [2.45, 2.75) is 6.92 Å². The van der Waals surface area contributed by atoms with E-state index < -0.39 is 5.97 Å². The summed E-state index contributed by atoms with van der Waals surface area (Å²) in [4.78, 5) is 11.2. The molecule has 0 heterocycles. The SMILES string of the molecule is Cc1cccc(C(=O)O)c1Oc1ccc(C#N)cc1Br. The number of ether oxygens (including phenoxy) is 1. The summed E-state index contributed by atoms with van der Waals surface area (Å²) < 4.78 is 6.29. The molecule has 2 rings (SSSR count). The standard InChI is InChI=1S/C15H10BrNO3/c1-9-3-2-4-11(15(18)19)14(9)20-13-6-5-10(8-17)7-12(13)16/h2-7H,1H3,(H,18,19). The van der Waals surface area contributed by atoms with E-state index in [0.29, 0.717) is 21.5 Å². The Labute approximate surface area is 124 Å². The highest BCUT2D eigenvalue weighted by molar-refractivity contribution is 9.10. The molecule has 0 saturated carbocycles. The molecular weight excluding hydrogens is 322 g/mol. The number of hydrogen-bond acceptors (Lipinski definition) is 3. The van der Waals surface area contributed by atoms with Gasteiger partial charge in [-0.25, -0.2) is 4.79 Å². The molecule has 0 atom stereocenters. The van der Waals surface area contributed by atoms with Crippen LogP contribution < -0.4 is 4.74 Å². The van der Waals surface area contributed by atoms with E-state index in [-0.39, 0.29) is 5.56 Å². The highest BCUT2D eigenvalue weighted by Gasteiger charge is 2.15. The molecule has 0 aliphatic rings. The van der Waals surface area contributed by atoms with Crippen LogP contribution in [-0.4, -0.2) is 11.1 Å². The lowest BCUT2D eigenvalue weighted by Crippen LogP contribution is -2.01. The number of nitriles is 1. The van der Waals surface area contributed by atoms with Gasteiger partial charge in [0.15, 0.2) is 0 Å². The Balaban J connectivity index is 2.45. The van der Waals surface area contributed by atoms with E-state index in [4.69, 9.17) is 10.00 Å². The Hall–Kier alpha value is -2.32. The molecule has 0 fully saturated rings. The Morgan fingerprint density at radius 3 is 2.70 bits per heavy atom. The average Bonchev–Trinajstić information content (AvgIpc) is 2.42. The molecule has 0 aliphatic carbocycles. The topological polar surface area (TPSA) is 70.3 Å². The third-order valence-electron chi connectivity index (χ3n) is 2.72. The smallest absolute Gasteiger partial charge is 0.339 e. The molecule has 4 nitrogen and oxygen atoms in total. The van der Waals surface area contributed by atoms with Gasteiger partial charge in [0.05, 0.1) is 16.1 Å². The highest BCUT2D eigenvalue weighted by Crippen LogP contribution is 2.34. The van der Waals surface area contributed by atoms with Crippen LogP contribution in [0.1, 0.15) is 21.5 Å². The Bertz CT molecular complexity index is 720. The maximum absolute atomic E-state index is 11.2. The molecule has 0 saturated heterocycles. The minimum absolute atomic E-state index is 0.0984. The molecule has 100 valence electrons. The Morgan fingerprint density at radius 1 is 1.35 bits per heavy atom. The molecule has 0 amide bonds. The molecular formula is C15H10BrNO3. The predicted molar refractivity (Wildman–Crippen MR) is 77.1 cm³/mol. The Morgan fingerprint density at radius 2 is 2.10 bits per heavy atom. The van der Waals surface area contributed by atoms with Gasteiger partial charge in [-0.2, -0.15) is 5.26 Å². The van der Waals surface area contributed by atoms with Crippen LogP contribution in [0.4, 0.5) is 0 Å². The van der Waals surface area contributed by atoms with E-state index in [2.05, 4.69) is 15.9 Å². The van der Waals surface area contributed by atoms with Crippen molar-refractivity contribution < 1.29 is 14.6 Å². The van der Waals surface area contributed by atoms with Gasteiger partial charge < -0.3 is 9.84 Å². The normalized spacial score (nSPS) is 9.85. The molecule has 2 aromatic carbocycles. The van der Waals surface area contributed by atoms with Gasteiger partial charge in [0.1, 0.15) is 17.1 Å². The van der Waals surface area contributed by atoms with Gasteiger partial charge in [-0.3, -0.25) is 0 Å². The molecule has 20 heavy (non-hydrogen) atoms. The highest BCUT2D eigenvalue weighted by atomic mass is 79.9. The zero-order valence-electron chi connectivity index (χ0n) is 10.6. The fourth-order valence-corrected chi connectivity index (χ4v) is 2.18. The number of aryl methyl sites for hydroxylation is 1. The van der Waals surface area contributed by atoms with Gasteiger partial charge in [-0.15, -0.1) is 0 Å². The minimum atomic E-state index is -1.05. The average molecular weight is 332 g/mol. The molecule has 0 radical (unpaired) electrons. The van der Waals surface area contributed by atoms with Crippen molar-refractivity contribution in [2.75, 3.05) is 0 Å². The van der Waals surface area contributed by atoms with E-state index in [1.165, 1.54) is 6.07 Å². The number of nitrogens with zero attached hydrogens (tertiary/aromatic N) is 1. The van der Waals surface area contributed by atoms with E-state index in [0.717, 1.165) is 5.56 Å². The second-order valence-corrected chi connectivity index (χ2v) is 4.97. The van der Waals surface area contributed by atoms with Crippen molar-refractivity contribution in [1.82, 2.24) is 0 Å². The van der Waals surface area contributed by atoms with Crippen LogP contribution in [0.25, 0.3) is 0 Å². The van der Waals surface area contributed by atoms with Crippen LogP contribution in [0.2, 0.25) is 0 Å². The second-order valence-electron chi connectivity index (χ2n) is 4.12. The number of carboxylic acids is 1. The van der Waals surface area contributed by atoms with Crippen molar-refractivity contribution in [3.05, 3.63) is 57.6 Å². The van der Waals surface area contributed by atoms with Gasteiger partial charge in [-0.05, 0) is 52.7 Å². The summed E-state index contributed by atoms with van der Waals surface area (Å²) in [6.07, 6.45) is 0. The second kappa shape index (κ2) is 5.76. The summed E-state index contributed by atoms with van der Waals surface area (Å²) in [7, 11) is 0. The molecule has 2 aromatic rings. The van der Waals surface area contributed by atoms with Gasteiger partial charge in [0.2, 0.25) is 0 Å². The minimum Gasteiger partial charge on any atom is -0.478 e. The van der Waals surface area contributed by atoms with Crippen LogP contribution in [0.5, 0.6) is 11.5 Å². The van der Waals surface area contributed by atoms with E-state index in [1.807, 2.05) is 6.07 Å².